The van der Waals surface area contributed by atoms with Gasteiger partial charge in [-0.3, -0.25) is 15.6 Å². The monoisotopic (exact) mass is 317 g/mol. The molecule has 1 aromatic carbocycles. The molecule has 5 heteroatoms. The second kappa shape index (κ2) is 7.32. The van der Waals surface area contributed by atoms with Gasteiger partial charge in [0.1, 0.15) is 5.75 Å². The Morgan fingerprint density at radius 1 is 1.26 bits per heavy atom. The van der Waals surface area contributed by atoms with Crippen LogP contribution in [-0.4, -0.2) is 31.1 Å². The number of rotatable bonds is 4. The van der Waals surface area contributed by atoms with Gasteiger partial charge in [0.05, 0.1) is 6.61 Å². The summed E-state index contributed by atoms with van der Waals surface area (Å²) in [6.45, 7) is 5.71. The van der Waals surface area contributed by atoms with Crippen molar-refractivity contribution in [1.29, 1.82) is 0 Å². The van der Waals surface area contributed by atoms with E-state index in [1.165, 1.54) is 0 Å². The first-order valence-electron chi connectivity index (χ1n) is 8.64. The van der Waals surface area contributed by atoms with Crippen LogP contribution in [0.2, 0.25) is 0 Å². The van der Waals surface area contributed by atoms with E-state index < -0.39 is 0 Å². The zero-order valence-corrected chi connectivity index (χ0v) is 14.0. The Morgan fingerprint density at radius 2 is 2.00 bits per heavy atom. The third kappa shape index (κ3) is 3.85. The van der Waals surface area contributed by atoms with Crippen molar-refractivity contribution in [3.63, 3.8) is 0 Å². The first-order valence-corrected chi connectivity index (χ1v) is 8.64. The third-order valence-corrected chi connectivity index (χ3v) is 5.13. The normalized spacial score (nSPS) is 30.2. The number of benzene rings is 1. The Morgan fingerprint density at radius 3 is 2.78 bits per heavy atom. The van der Waals surface area contributed by atoms with Gasteiger partial charge in [0, 0.05) is 24.5 Å². The number of hydrogen-bond acceptors (Lipinski definition) is 4. The van der Waals surface area contributed by atoms with Crippen molar-refractivity contribution >= 4 is 5.91 Å². The van der Waals surface area contributed by atoms with Crippen LogP contribution in [0.3, 0.4) is 0 Å². The first-order chi connectivity index (χ1) is 11.1. The number of hydrogen-bond donors (Lipinski definition) is 3. The minimum atomic E-state index is 0.00771. The topological polar surface area (TPSA) is 62.4 Å². The van der Waals surface area contributed by atoms with Crippen LogP contribution in [0.15, 0.2) is 24.3 Å². The van der Waals surface area contributed by atoms with E-state index in [4.69, 9.17) is 4.74 Å². The zero-order valence-electron chi connectivity index (χ0n) is 14.0. The maximum absolute atomic E-state index is 12.5. The molecule has 0 saturated carbocycles. The van der Waals surface area contributed by atoms with E-state index in [0.717, 1.165) is 37.1 Å². The number of nitrogens with one attached hydrogen (secondary N) is 3. The van der Waals surface area contributed by atoms with Crippen molar-refractivity contribution in [2.24, 2.45) is 11.8 Å². The molecule has 3 N–H and O–H groups in total. The zero-order chi connectivity index (χ0) is 16.2. The summed E-state index contributed by atoms with van der Waals surface area (Å²) in [6, 6.07) is 8.91. The minimum Gasteiger partial charge on any atom is -0.493 e. The van der Waals surface area contributed by atoms with Gasteiger partial charge < -0.3 is 10.1 Å². The Labute approximate surface area is 138 Å². The van der Waals surface area contributed by atoms with Crippen LogP contribution >= 0.6 is 0 Å². The van der Waals surface area contributed by atoms with Crippen molar-refractivity contribution in [3.05, 3.63) is 29.8 Å². The molecule has 3 unspecified atom stereocenters. The summed E-state index contributed by atoms with van der Waals surface area (Å²) in [4.78, 5) is 12.5. The molecule has 1 amide bonds. The number of carbonyl (C=O) groups excluding carboxylic acids is 1. The quantitative estimate of drug-likeness (QED) is 0.790. The Bertz CT molecular complexity index is 539. The number of carbonyl (C=O) groups is 1. The molecular formula is C18H27N3O2. The molecule has 1 saturated heterocycles. The number of para-hydroxylation sites is 1. The summed E-state index contributed by atoms with van der Waals surface area (Å²) >= 11 is 0. The van der Waals surface area contributed by atoms with Gasteiger partial charge in [-0.05, 0) is 50.7 Å². The summed E-state index contributed by atoms with van der Waals surface area (Å²) < 4.78 is 5.75. The molecule has 0 aliphatic carbocycles. The van der Waals surface area contributed by atoms with Crippen LogP contribution in [0.4, 0.5) is 0 Å². The van der Waals surface area contributed by atoms with Gasteiger partial charge in [-0.15, -0.1) is 0 Å². The summed E-state index contributed by atoms with van der Waals surface area (Å²) in [5.41, 5.74) is 7.66. The van der Waals surface area contributed by atoms with Crippen LogP contribution < -0.4 is 20.9 Å². The predicted molar refractivity (Wildman–Crippen MR) is 90.1 cm³/mol. The molecule has 5 nitrogen and oxygen atoms in total. The largest absolute Gasteiger partial charge is 0.493 e. The molecule has 0 bridgehead atoms. The molecule has 0 aromatic heterocycles. The van der Waals surface area contributed by atoms with E-state index in [1.807, 2.05) is 18.2 Å². The number of hydrazine groups is 1. The molecule has 2 aliphatic heterocycles. The highest BCUT2D eigenvalue weighted by molar-refractivity contribution is 5.79. The summed E-state index contributed by atoms with van der Waals surface area (Å²) in [5.74, 6) is 1.64. The molecule has 3 rings (SSSR count). The van der Waals surface area contributed by atoms with Gasteiger partial charge in [-0.25, -0.2) is 0 Å². The van der Waals surface area contributed by atoms with Crippen LogP contribution in [-0.2, 0) is 11.2 Å². The summed E-state index contributed by atoms with van der Waals surface area (Å²) in [6.07, 6.45) is 2.54. The van der Waals surface area contributed by atoms with Gasteiger partial charge in [0.2, 0.25) is 5.91 Å². The van der Waals surface area contributed by atoms with Crippen molar-refractivity contribution in [1.82, 2.24) is 16.2 Å². The van der Waals surface area contributed by atoms with E-state index >= 15 is 0 Å². The maximum atomic E-state index is 12.5. The lowest BCUT2D eigenvalue weighted by Gasteiger charge is -2.19. The van der Waals surface area contributed by atoms with Crippen LogP contribution in [0.25, 0.3) is 0 Å². The van der Waals surface area contributed by atoms with Crippen LogP contribution in [0, 0.1) is 11.8 Å². The van der Waals surface area contributed by atoms with E-state index in [-0.39, 0.29) is 11.8 Å². The summed E-state index contributed by atoms with van der Waals surface area (Å²) in [7, 11) is 0. The molecular weight excluding hydrogens is 290 g/mol. The fourth-order valence-electron chi connectivity index (χ4n) is 3.63. The molecule has 2 aliphatic rings. The van der Waals surface area contributed by atoms with Crippen LogP contribution in [0.5, 0.6) is 5.75 Å². The van der Waals surface area contributed by atoms with Crippen molar-refractivity contribution < 1.29 is 9.53 Å². The van der Waals surface area contributed by atoms with E-state index in [1.54, 1.807) is 0 Å². The number of fused-ring (bicyclic) bond motifs is 1. The van der Waals surface area contributed by atoms with Gasteiger partial charge in [0.25, 0.3) is 0 Å². The van der Waals surface area contributed by atoms with Gasteiger partial charge in [0.15, 0.2) is 0 Å². The van der Waals surface area contributed by atoms with Crippen molar-refractivity contribution in [2.75, 3.05) is 13.2 Å². The lowest BCUT2D eigenvalue weighted by atomic mass is 9.92. The van der Waals surface area contributed by atoms with Gasteiger partial charge in [-0.1, -0.05) is 18.2 Å². The molecule has 0 radical (unpaired) electrons. The molecule has 1 aromatic rings. The minimum absolute atomic E-state index is 0.00771. The Balaban J connectivity index is 1.50. The maximum Gasteiger partial charge on any atom is 0.223 e. The van der Waals surface area contributed by atoms with E-state index in [2.05, 4.69) is 36.1 Å². The standard InChI is InChI=1S/C18H27N3O2/c1-12-16(13(2)21-20-12)7-9-19-18(22)15-8-10-23-17-6-4-3-5-14(17)11-15/h3-6,12-13,15-16,20-21H,7-11H2,1-2H3,(H,19,22). The number of ether oxygens (including phenoxy) is 1. The first kappa shape index (κ1) is 16.3. The lowest BCUT2D eigenvalue weighted by Crippen LogP contribution is -2.35. The highest BCUT2D eigenvalue weighted by Gasteiger charge is 2.29. The second-order valence-electron chi connectivity index (χ2n) is 6.76. The highest BCUT2D eigenvalue weighted by atomic mass is 16.5. The van der Waals surface area contributed by atoms with E-state index in [0.29, 0.717) is 24.6 Å². The van der Waals surface area contributed by atoms with Crippen molar-refractivity contribution in [3.8, 4) is 5.75 Å². The fraction of sp³-hybridized carbons (Fsp3) is 0.611. The Kier molecular flexibility index (Phi) is 5.18. The SMILES string of the molecule is CC1NNC(C)C1CCNC(=O)C1CCOc2ccccc2C1. The van der Waals surface area contributed by atoms with Gasteiger partial charge >= 0.3 is 0 Å². The summed E-state index contributed by atoms with van der Waals surface area (Å²) in [5, 5.41) is 3.13. The van der Waals surface area contributed by atoms with Gasteiger partial charge in [-0.2, -0.15) is 0 Å². The second-order valence-corrected chi connectivity index (χ2v) is 6.76. The third-order valence-electron chi connectivity index (χ3n) is 5.13. The van der Waals surface area contributed by atoms with Crippen LogP contribution in [0.1, 0.15) is 32.3 Å². The highest BCUT2D eigenvalue weighted by Crippen LogP contribution is 2.26. The average molecular weight is 317 g/mol. The average Bonchev–Trinajstić information content (AvgIpc) is 2.77. The smallest absolute Gasteiger partial charge is 0.223 e. The molecule has 3 atom stereocenters. The molecule has 2 heterocycles. The van der Waals surface area contributed by atoms with E-state index in [9.17, 15) is 4.79 Å². The molecule has 0 spiro atoms. The predicted octanol–water partition coefficient (Wildman–Crippen LogP) is 1.64. The molecule has 126 valence electrons. The Hall–Kier alpha value is -1.59. The molecule has 1 fully saturated rings. The fourth-order valence-corrected chi connectivity index (χ4v) is 3.63. The lowest BCUT2D eigenvalue weighted by molar-refractivity contribution is -0.125. The number of amides is 1. The van der Waals surface area contributed by atoms with Crippen molar-refractivity contribution in [2.45, 2.75) is 45.2 Å². The molecule has 23 heavy (non-hydrogen) atoms.